The zero-order chi connectivity index (χ0) is 14.3. The second kappa shape index (κ2) is 5.38. The highest BCUT2D eigenvalue weighted by Gasteiger charge is 2.50. The summed E-state index contributed by atoms with van der Waals surface area (Å²) < 4.78 is 6.07. The van der Waals surface area contributed by atoms with Gasteiger partial charge in [-0.15, -0.1) is 0 Å². The van der Waals surface area contributed by atoms with Crippen LogP contribution in [0.15, 0.2) is 30.3 Å². The van der Waals surface area contributed by atoms with Crippen molar-refractivity contribution in [3.8, 4) is 0 Å². The van der Waals surface area contributed by atoms with Crippen molar-refractivity contribution in [3.05, 3.63) is 35.9 Å². The maximum atomic E-state index is 6.07. The van der Waals surface area contributed by atoms with E-state index in [1.807, 2.05) is 0 Å². The molecule has 1 spiro atoms. The van der Waals surface area contributed by atoms with Crippen LogP contribution in [0.25, 0.3) is 0 Å². The van der Waals surface area contributed by atoms with Crippen molar-refractivity contribution in [3.63, 3.8) is 0 Å². The summed E-state index contributed by atoms with van der Waals surface area (Å²) in [5.74, 6) is 8.03. The molecule has 3 aliphatic rings. The number of rotatable bonds is 4. The van der Waals surface area contributed by atoms with E-state index in [4.69, 9.17) is 10.6 Å². The Balaban J connectivity index is 1.44. The van der Waals surface area contributed by atoms with Crippen LogP contribution in [0.5, 0.6) is 0 Å². The van der Waals surface area contributed by atoms with Gasteiger partial charge in [-0.05, 0) is 61.8 Å². The topological polar surface area (TPSA) is 47.3 Å². The monoisotopic (exact) mass is 286 g/mol. The molecule has 3 fully saturated rings. The molecule has 4 unspecified atom stereocenters. The van der Waals surface area contributed by atoms with Gasteiger partial charge in [0.25, 0.3) is 0 Å². The molecular weight excluding hydrogens is 260 g/mol. The molecule has 2 saturated carbocycles. The average Bonchev–Trinajstić information content (AvgIpc) is 3.28. The summed E-state index contributed by atoms with van der Waals surface area (Å²) in [6, 6.07) is 11.4. The summed E-state index contributed by atoms with van der Waals surface area (Å²) in [5, 5.41) is 0. The van der Waals surface area contributed by atoms with Crippen LogP contribution in [0.4, 0.5) is 0 Å². The van der Waals surface area contributed by atoms with Gasteiger partial charge < -0.3 is 4.74 Å². The highest BCUT2D eigenvalue weighted by Crippen LogP contribution is 2.54. The van der Waals surface area contributed by atoms with E-state index < -0.39 is 0 Å². The lowest BCUT2D eigenvalue weighted by atomic mass is 9.70. The van der Waals surface area contributed by atoms with Gasteiger partial charge in [0.05, 0.1) is 5.60 Å². The van der Waals surface area contributed by atoms with Crippen molar-refractivity contribution >= 4 is 0 Å². The van der Waals surface area contributed by atoms with Gasteiger partial charge in [0.1, 0.15) is 0 Å². The Morgan fingerprint density at radius 3 is 2.71 bits per heavy atom. The molecule has 114 valence electrons. The number of nitrogens with one attached hydrogen (secondary N) is 1. The molecule has 3 heteroatoms. The minimum absolute atomic E-state index is 0.217. The molecule has 3 nitrogen and oxygen atoms in total. The number of benzene rings is 1. The second-order valence-corrected chi connectivity index (χ2v) is 7.25. The van der Waals surface area contributed by atoms with Gasteiger partial charge in [-0.25, -0.2) is 0 Å². The van der Waals surface area contributed by atoms with Crippen molar-refractivity contribution in [2.75, 3.05) is 6.61 Å². The molecule has 0 amide bonds. The number of nitrogens with two attached hydrogens (primary N) is 1. The van der Waals surface area contributed by atoms with E-state index in [9.17, 15) is 0 Å². The zero-order valence-corrected chi connectivity index (χ0v) is 12.6. The first-order chi connectivity index (χ1) is 10.3. The predicted octanol–water partition coefficient (Wildman–Crippen LogP) is 2.97. The predicted molar refractivity (Wildman–Crippen MR) is 83.7 cm³/mol. The van der Waals surface area contributed by atoms with Crippen molar-refractivity contribution < 1.29 is 4.74 Å². The van der Waals surface area contributed by atoms with E-state index in [1.165, 1.54) is 37.7 Å². The largest absolute Gasteiger partial charge is 0.375 e. The highest BCUT2D eigenvalue weighted by molar-refractivity contribution is 5.27. The van der Waals surface area contributed by atoms with Crippen LogP contribution < -0.4 is 11.3 Å². The maximum absolute atomic E-state index is 6.07. The summed E-state index contributed by atoms with van der Waals surface area (Å²) in [5.41, 5.74) is 4.86. The Bertz CT molecular complexity index is 485. The van der Waals surface area contributed by atoms with E-state index in [0.717, 1.165) is 13.0 Å². The lowest BCUT2D eigenvalue weighted by molar-refractivity contribution is -0.148. The molecule has 0 aromatic heterocycles. The molecule has 3 N–H and O–H groups in total. The van der Waals surface area contributed by atoms with Crippen LogP contribution >= 0.6 is 0 Å². The lowest BCUT2D eigenvalue weighted by Crippen LogP contribution is -2.52. The highest BCUT2D eigenvalue weighted by atomic mass is 16.5. The summed E-state index contributed by atoms with van der Waals surface area (Å²) >= 11 is 0. The summed E-state index contributed by atoms with van der Waals surface area (Å²) in [7, 11) is 0. The Kier molecular flexibility index (Phi) is 3.52. The molecule has 1 heterocycles. The van der Waals surface area contributed by atoms with Crippen LogP contribution in [0, 0.1) is 11.8 Å². The van der Waals surface area contributed by atoms with Crippen LogP contribution in [0.3, 0.4) is 0 Å². The van der Waals surface area contributed by atoms with Crippen LogP contribution in [0.2, 0.25) is 0 Å². The fraction of sp³-hybridized carbons (Fsp3) is 0.667. The molecule has 0 radical (unpaired) electrons. The van der Waals surface area contributed by atoms with Gasteiger partial charge in [0.2, 0.25) is 0 Å². The lowest BCUT2D eigenvalue weighted by Gasteiger charge is -2.48. The number of hydrazine groups is 1. The molecule has 4 rings (SSSR count). The fourth-order valence-corrected chi connectivity index (χ4v) is 4.60. The van der Waals surface area contributed by atoms with Crippen LogP contribution in [0.1, 0.15) is 50.0 Å². The van der Waals surface area contributed by atoms with Gasteiger partial charge in [0, 0.05) is 12.6 Å². The molecule has 1 aromatic carbocycles. The molecule has 0 bridgehead atoms. The van der Waals surface area contributed by atoms with Gasteiger partial charge >= 0.3 is 0 Å². The van der Waals surface area contributed by atoms with Gasteiger partial charge in [-0.2, -0.15) is 0 Å². The molecule has 1 aliphatic heterocycles. The first kappa shape index (κ1) is 13.7. The van der Waals surface area contributed by atoms with E-state index in [1.54, 1.807) is 0 Å². The molecule has 4 atom stereocenters. The minimum Gasteiger partial charge on any atom is -0.375 e. The Labute approximate surface area is 127 Å². The average molecular weight is 286 g/mol. The SMILES string of the molecule is NNC(C1CCOC2(CCC2)C1)C1CC1c1ccccc1. The third-order valence-electron chi connectivity index (χ3n) is 6.02. The first-order valence-corrected chi connectivity index (χ1v) is 8.46. The van der Waals surface area contributed by atoms with Crippen molar-refractivity contribution in [2.45, 2.75) is 56.1 Å². The standard InChI is InChI=1S/C18H26N2O/c19-20-17(14-7-10-21-18(12-14)8-4-9-18)16-11-15(16)13-5-2-1-3-6-13/h1-3,5-6,14-17,20H,4,7-12,19H2. The Morgan fingerprint density at radius 1 is 1.24 bits per heavy atom. The first-order valence-electron chi connectivity index (χ1n) is 8.46. The van der Waals surface area contributed by atoms with Gasteiger partial charge in [-0.1, -0.05) is 30.3 Å². The van der Waals surface area contributed by atoms with E-state index in [-0.39, 0.29) is 5.60 Å². The Hall–Kier alpha value is -0.900. The molecular formula is C18H26N2O. The number of hydrogen-bond donors (Lipinski definition) is 2. The van der Waals surface area contributed by atoms with E-state index >= 15 is 0 Å². The third-order valence-corrected chi connectivity index (χ3v) is 6.02. The Morgan fingerprint density at radius 2 is 2.05 bits per heavy atom. The number of hydrogen-bond acceptors (Lipinski definition) is 3. The van der Waals surface area contributed by atoms with Crippen molar-refractivity contribution in [1.82, 2.24) is 5.43 Å². The van der Waals surface area contributed by atoms with Gasteiger partial charge in [0.15, 0.2) is 0 Å². The normalized spacial score (nSPS) is 35.2. The second-order valence-electron chi connectivity index (χ2n) is 7.25. The molecule has 21 heavy (non-hydrogen) atoms. The van der Waals surface area contributed by atoms with Crippen molar-refractivity contribution in [2.24, 2.45) is 17.7 Å². The van der Waals surface area contributed by atoms with E-state index in [0.29, 0.717) is 23.8 Å². The maximum Gasteiger partial charge on any atom is 0.0685 e. The summed E-state index contributed by atoms with van der Waals surface area (Å²) in [6.45, 7) is 0.922. The molecule has 2 aliphatic carbocycles. The third kappa shape index (κ3) is 2.52. The van der Waals surface area contributed by atoms with Gasteiger partial charge in [-0.3, -0.25) is 11.3 Å². The number of ether oxygens (including phenoxy) is 1. The minimum atomic E-state index is 0.217. The molecule has 1 saturated heterocycles. The molecule has 1 aromatic rings. The summed E-state index contributed by atoms with van der Waals surface area (Å²) in [4.78, 5) is 0. The smallest absolute Gasteiger partial charge is 0.0685 e. The van der Waals surface area contributed by atoms with Crippen LogP contribution in [-0.4, -0.2) is 18.2 Å². The van der Waals surface area contributed by atoms with Crippen molar-refractivity contribution in [1.29, 1.82) is 0 Å². The van der Waals surface area contributed by atoms with Crippen LogP contribution in [-0.2, 0) is 4.74 Å². The fourth-order valence-electron chi connectivity index (χ4n) is 4.60. The quantitative estimate of drug-likeness (QED) is 0.661. The summed E-state index contributed by atoms with van der Waals surface area (Å²) in [6.07, 6.45) is 7.50. The zero-order valence-electron chi connectivity index (χ0n) is 12.6. The van der Waals surface area contributed by atoms with E-state index in [2.05, 4.69) is 35.8 Å².